The lowest BCUT2D eigenvalue weighted by Gasteiger charge is -2.48. The molecule has 0 bridgehead atoms. The fourth-order valence-corrected chi connectivity index (χ4v) is 2.90. The van der Waals surface area contributed by atoms with Crippen LogP contribution in [-0.4, -0.2) is 43.3 Å². The highest BCUT2D eigenvalue weighted by Crippen LogP contribution is 2.35. The standard InChI is InChI=1S/C11H20N2O2/c1-15-10(14)13-9-3-2-4-11(13)5-7-12-8-6-11/h12H,2-9H2,1H3. The molecule has 2 aliphatic heterocycles. The zero-order valence-electron chi connectivity index (χ0n) is 9.42. The van der Waals surface area contributed by atoms with E-state index in [1.807, 2.05) is 4.90 Å². The molecule has 2 heterocycles. The molecule has 0 aromatic rings. The SMILES string of the molecule is COC(=O)N1CCCCC12CCNCC2. The van der Waals surface area contributed by atoms with Gasteiger partial charge in [-0.1, -0.05) is 0 Å². The Kier molecular flexibility index (Phi) is 3.14. The van der Waals surface area contributed by atoms with Gasteiger partial charge in [0.25, 0.3) is 0 Å². The first-order valence-corrected chi connectivity index (χ1v) is 5.85. The maximum Gasteiger partial charge on any atom is 0.409 e. The van der Waals surface area contributed by atoms with Crippen LogP contribution in [-0.2, 0) is 4.74 Å². The number of methoxy groups -OCH3 is 1. The summed E-state index contributed by atoms with van der Waals surface area (Å²) in [6.45, 7) is 2.91. The molecule has 2 saturated heterocycles. The summed E-state index contributed by atoms with van der Waals surface area (Å²) in [6.07, 6.45) is 5.50. The lowest BCUT2D eigenvalue weighted by atomic mass is 9.79. The van der Waals surface area contributed by atoms with Gasteiger partial charge in [0.1, 0.15) is 0 Å². The molecule has 1 amide bonds. The fraction of sp³-hybridized carbons (Fsp3) is 0.909. The molecule has 0 atom stereocenters. The second-order valence-electron chi connectivity index (χ2n) is 4.55. The molecule has 2 fully saturated rings. The predicted molar refractivity (Wildman–Crippen MR) is 57.8 cm³/mol. The number of piperidine rings is 2. The van der Waals surface area contributed by atoms with Crippen molar-refractivity contribution in [2.75, 3.05) is 26.7 Å². The van der Waals surface area contributed by atoms with Crippen molar-refractivity contribution >= 4 is 6.09 Å². The van der Waals surface area contributed by atoms with Crippen molar-refractivity contribution in [3.8, 4) is 0 Å². The summed E-state index contributed by atoms with van der Waals surface area (Å²) in [4.78, 5) is 13.7. The first kappa shape index (κ1) is 10.7. The van der Waals surface area contributed by atoms with Gasteiger partial charge < -0.3 is 15.0 Å². The molecule has 0 saturated carbocycles. The quantitative estimate of drug-likeness (QED) is 0.659. The average molecular weight is 212 g/mol. The summed E-state index contributed by atoms with van der Waals surface area (Å²) in [5.74, 6) is 0. The number of rotatable bonds is 0. The van der Waals surface area contributed by atoms with Crippen LogP contribution in [0.3, 0.4) is 0 Å². The van der Waals surface area contributed by atoms with Gasteiger partial charge in [0, 0.05) is 12.1 Å². The molecule has 2 rings (SSSR count). The van der Waals surface area contributed by atoms with Crippen LogP contribution in [0.4, 0.5) is 4.79 Å². The van der Waals surface area contributed by atoms with Crippen LogP contribution >= 0.6 is 0 Å². The number of hydrogen-bond acceptors (Lipinski definition) is 3. The van der Waals surface area contributed by atoms with Gasteiger partial charge in [-0.15, -0.1) is 0 Å². The number of hydrogen-bond donors (Lipinski definition) is 1. The number of likely N-dealkylation sites (tertiary alicyclic amines) is 1. The third kappa shape index (κ3) is 1.95. The van der Waals surface area contributed by atoms with E-state index in [2.05, 4.69) is 5.32 Å². The zero-order chi connectivity index (χ0) is 10.7. The summed E-state index contributed by atoms with van der Waals surface area (Å²) in [7, 11) is 1.48. The maximum absolute atomic E-state index is 11.7. The van der Waals surface area contributed by atoms with Crippen molar-refractivity contribution in [1.29, 1.82) is 0 Å². The topological polar surface area (TPSA) is 41.6 Å². The Morgan fingerprint density at radius 3 is 2.67 bits per heavy atom. The lowest BCUT2D eigenvalue weighted by molar-refractivity contribution is 0.0188. The van der Waals surface area contributed by atoms with Gasteiger partial charge in [0.2, 0.25) is 0 Å². The van der Waals surface area contributed by atoms with Crippen molar-refractivity contribution in [3.63, 3.8) is 0 Å². The van der Waals surface area contributed by atoms with Crippen molar-refractivity contribution in [2.24, 2.45) is 0 Å². The number of nitrogens with one attached hydrogen (secondary N) is 1. The monoisotopic (exact) mass is 212 g/mol. The van der Waals surface area contributed by atoms with Gasteiger partial charge in [0.15, 0.2) is 0 Å². The molecular weight excluding hydrogens is 192 g/mol. The van der Waals surface area contributed by atoms with Gasteiger partial charge in [-0.05, 0) is 45.2 Å². The normalized spacial score (nSPS) is 25.3. The second kappa shape index (κ2) is 4.39. The highest BCUT2D eigenvalue weighted by Gasteiger charge is 2.42. The van der Waals surface area contributed by atoms with E-state index in [1.54, 1.807) is 0 Å². The number of nitrogens with zero attached hydrogens (tertiary/aromatic N) is 1. The molecule has 15 heavy (non-hydrogen) atoms. The van der Waals surface area contributed by atoms with Crippen LogP contribution in [0, 0.1) is 0 Å². The molecule has 0 aromatic heterocycles. The van der Waals surface area contributed by atoms with Crippen LogP contribution in [0.2, 0.25) is 0 Å². The van der Waals surface area contributed by atoms with E-state index in [-0.39, 0.29) is 11.6 Å². The first-order chi connectivity index (χ1) is 7.28. The molecule has 1 spiro atoms. The van der Waals surface area contributed by atoms with E-state index in [1.165, 1.54) is 13.5 Å². The summed E-state index contributed by atoms with van der Waals surface area (Å²) >= 11 is 0. The molecular formula is C11H20N2O2. The smallest absolute Gasteiger partial charge is 0.409 e. The van der Waals surface area contributed by atoms with Crippen LogP contribution in [0.5, 0.6) is 0 Å². The second-order valence-corrected chi connectivity index (χ2v) is 4.55. The fourth-order valence-electron chi connectivity index (χ4n) is 2.90. The Hall–Kier alpha value is -0.770. The van der Waals surface area contributed by atoms with E-state index in [0.29, 0.717) is 0 Å². The summed E-state index contributed by atoms with van der Waals surface area (Å²) in [5, 5.41) is 3.36. The molecule has 0 aliphatic carbocycles. The highest BCUT2D eigenvalue weighted by atomic mass is 16.5. The van der Waals surface area contributed by atoms with Crippen molar-refractivity contribution in [3.05, 3.63) is 0 Å². The van der Waals surface area contributed by atoms with Crippen LogP contribution in [0.1, 0.15) is 32.1 Å². The van der Waals surface area contributed by atoms with E-state index in [9.17, 15) is 4.79 Å². The third-order valence-electron chi connectivity index (χ3n) is 3.78. The zero-order valence-corrected chi connectivity index (χ0v) is 9.42. The molecule has 1 N–H and O–H groups in total. The Labute approximate surface area is 91.0 Å². The summed E-state index contributed by atoms with van der Waals surface area (Å²) < 4.78 is 4.88. The Balaban J connectivity index is 2.13. The van der Waals surface area contributed by atoms with Gasteiger partial charge in [0.05, 0.1) is 7.11 Å². The maximum atomic E-state index is 11.7. The predicted octanol–water partition coefficient (Wildman–Crippen LogP) is 1.36. The van der Waals surface area contributed by atoms with Crippen LogP contribution in [0.15, 0.2) is 0 Å². The molecule has 4 heteroatoms. The van der Waals surface area contributed by atoms with Crippen molar-refractivity contribution in [1.82, 2.24) is 10.2 Å². The minimum Gasteiger partial charge on any atom is -0.453 e. The molecule has 86 valence electrons. The molecule has 0 aromatic carbocycles. The van der Waals surface area contributed by atoms with Gasteiger partial charge in [-0.3, -0.25) is 0 Å². The molecule has 0 radical (unpaired) electrons. The van der Waals surface area contributed by atoms with E-state index < -0.39 is 0 Å². The Morgan fingerprint density at radius 2 is 2.00 bits per heavy atom. The van der Waals surface area contributed by atoms with E-state index in [4.69, 9.17) is 4.74 Å². The minimum atomic E-state index is -0.142. The number of ether oxygens (including phenoxy) is 1. The average Bonchev–Trinajstić information content (AvgIpc) is 2.30. The van der Waals surface area contributed by atoms with Crippen molar-refractivity contribution in [2.45, 2.75) is 37.6 Å². The number of amides is 1. The van der Waals surface area contributed by atoms with Crippen molar-refractivity contribution < 1.29 is 9.53 Å². The van der Waals surface area contributed by atoms with Gasteiger partial charge >= 0.3 is 6.09 Å². The molecule has 4 nitrogen and oxygen atoms in total. The largest absolute Gasteiger partial charge is 0.453 e. The Morgan fingerprint density at radius 1 is 1.27 bits per heavy atom. The minimum absolute atomic E-state index is 0.0938. The summed E-state index contributed by atoms with van der Waals surface area (Å²) in [6, 6.07) is 0. The van der Waals surface area contributed by atoms with Crippen LogP contribution in [0.25, 0.3) is 0 Å². The van der Waals surface area contributed by atoms with E-state index in [0.717, 1.165) is 45.3 Å². The third-order valence-corrected chi connectivity index (χ3v) is 3.78. The van der Waals surface area contributed by atoms with Gasteiger partial charge in [-0.25, -0.2) is 4.79 Å². The Bertz CT molecular complexity index is 228. The van der Waals surface area contributed by atoms with Crippen LogP contribution < -0.4 is 5.32 Å². The first-order valence-electron chi connectivity index (χ1n) is 5.85. The lowest BCUT2D eigenvalue weighted by Crippen LogP contribution is -2.58. The molecule has 2 aliphatic rings. The number of carbonyl (C=O) groups excluding carboxylic acids is 1. The molecule has 0 unspecified atom stereocenters. The van der Waals surface area contributed by atoms with Gasteiger partial charge in [-0.2, -0.15) is 0 Å². The highest BCUT2D eigenvalue weighted by molar-refractivity contribution is 5.68. The summed E-state index contributed by atoms with van der Waals surface area (Å²) in [5.41, 5.74) is 0.0938. The van der Waals surface area contributed by atoms with E-state index >= 15 is 0 Å². The number of carbonyl (C=O) groups is 1.